The molecule has 0 spiro atoms. The van der Waals surface area contributed by atoms with Gasteiger partial charge in [-0.2, -0.15) is 0 Å². The Morgan fingerprint density at radius 3 is 2.64 bits per heavy atom. The molecule has 2 atom stereocenters. The lowest BCUT2D eigenvalue weighted by Crippen LogP contribution is -2.23. The van der Waals surface area contributed by atoms with E-state index in [2.05, 4.69) is 22.6 Å². The molecule has 0 saturated heterocycles. The minimum Gasteiger partial charge on any atom is -0.496 e. The van der Waals surface area contributed by atoms with Crippen LogP contribution in [0.1, 0.15) is 18.5 Å². The highest BCUT2D eigenvalue weighted by Gasteiger charge is 2.13. The lowest BCUT2D eigenvalue weighted by atomic mass is 10.0. The van der Waals surface area contributed by atoms with Crippen LogP contribution in [0.4, 0.5) is 0 Å². The van der Waals surface area contributed by atoms with Crippen LogP contribution in [0.25, 0.3) is 0 Å². The van der Waals surface area contributed by atoms with Crippen LogP contribution in [0, 0.1) is 3.57 Å². The van der Waals surface area contributed by atoms with E-state index in [1.54, 1.807) is 14.0 Å². The minimum absolute atomic E-state index is 0.360. The third kappa shape index (κ3) is 2.59. The Morgan fingerprint density at radius 1 is 1.50 bits per heavy atom. The average molecular weight is 307 g/mol. The summed E-state index contributed by atoms with van der Waals surface area (Å²) in [5.41, 5.74) is 6.69. The predicted octanol–water partition coefficient (Wildman–Crippen LogP) is 1.68. The summed E-state index contributed by atoms with van der Waals surface area (Å²) in [6, 6.07) is 5.33. The third-order valence-corrected chi connectivity index (χ3v) is 2.97. The topological polar surface area (TPSA) is 55.5 Å². The van der Waals surface area contributed by atoms with Gasteiger partial charge in [0.05, 0.1) is 22.8 Å². The number of aliphatic hydroxyl groups excluding tert-OH is 1. The number of hydrogen-bond donors (Lipinski definition) is 2. The number of rotatable bonds is 3. The van der Waals surface area contributed by atoms with Crippen molar-refractivity contribution in [2.45, 2.75) is 19.1 Å². The van der Waals surface area contributed by atoms with Crippen molar-refractivity contribution in [3.8, 4) is 5.75 Å². The van der Waals surface area contributed by atoms with Crippen LogP contribution in [0.2, 0.25) is 0 Å². The summed E-state index contributed by atoms with van der Waals surface area (Å²) in [6.45, 7) is 1.68. The highest BCUT2D eigenvalue weighted by Crippen LogP contribution is 2.25. The molecule has 0 unspecified atom stereocenters. The third-order valence-electron chi connectivity index (χ3n) is 2.08. The molecule has 0 fully saturated rings. The maximum atomic E-state index is 9.34. The van der Waals surface area contributed by atoms with Crippen molar-refractivity contribution in [2.75, 3.05) is 7.11 Å². The maximum Gasteiger partial charge on any atom is 0.132 e. The lowest BCUT2D eigenvalue weighted by molar-refractivity contribution is 0.164. The first kappa shape index (κ1) is 11.7. The van der Waals surface area contributed by atoms with Crippen molar-refractivity contribution in [2.24, 2.45) is 5.73 Å². The van der Waals surface area contributed by atoms with E-state index in [0.717, 1.165) is 14.9 Å². The highest BCUT2D eigenvalue weighted by atomic mass is 127. The zero-order chi connectivity index (χ0) is 10.7. The summed E-state index contributed by atoms with van der Waals surface area (Å²) >= 11 is 2.19. The van der Waals surface area contributed by atoms with E-state index >= 15 is 0 Å². The number of benzene rings is 1. The van der Waals surface area contributed by atoms with Crippen LogP contribution < -0.4 is 10.5 Å². The Bertz CT molecular complexity index is 315. The number of ether oxygens (including phenoxy) is 1. The Hall–Kier alpha value is -0.330. The van der Waals surface area contributed by atoms with Gasteiger partial charge in [-0.05, 0) is 47.2 Å². The van der Waals surface area contributed by atoms with Crippen LogP contribution in [0.3, 0.4) is 0 Å². The molecular weight excluding hydrogens is 293 g/mol. The zero-order valence-electron chi connectivity index (χ0n) is 8.20. The normalized spacial score (nSPS) is 14.9. The number of aliphatic hydroxyl groups is 1. The second-order valence-electron chi connectivity index (χ2n) is 3.16. The summed E-state index contributed by atoms with van der Waals surface area (Å²) in [5.74, 6) is 0.791. The minimum atomic E-state index is -0.556. The zero-order valence-corrected chi connectivity index (χ0v) is 10.4. The monoisotopic (exact) mass is 307 g/mol. The van der Waals surface area contributed by atoms with Gasteiger partial charge in [-0.3, -0.25) is 0 Å². The van der Waals surface area contributed by atoms with Gasteiger partial charge in [0, 0.05) is 0 Å². The molecule has 78 valence electrons. The molecule has 3 N–H and O–H groups in total. The van der Waals surface area contributed by atoms with Gasteiger partial charge in [0.1, 0.15) is 5.75 Å². The summed E-state index contributed by atoms with van der Waals surface area (Å²) in [6.07, 6.45) is -0.556. The first-order valence-corrected chi connectivity index (χ1v) is 5.41. The molecule has 4 heteroatoms. The number of hydrogen-bond acceptors (Lipinski definition) is 3. The number of methoxy groups -OCH3 is 1. The van der Waals surface area contributed by atoms with Gasteiger partial charge >= 0.3 is 0 Å². The molecule has 0 amide bonds. The summed E-state index contributed by atoms with van der Waals surface area (Å²) < 4.78 is 6.20. The van der Waals surface area contributed by atoms with Gasteiger partial charge in [-0.1, -0.05) is 6.07 Å². The second kappa shape index (κ2) is 4.95. The fourth-order valence-electron chi connectivity index (χ4n) is 1.16. The standard InChI is InChI=1S/C10H14INO2/c1-6(13)10(12)7-3-4-8(11)9(5-7)14-2/h3-6,10,13H,12H2,1-2H3/t6-,10-/m1/s1. The Morgan fingerprint density at radius 2 is 2.14 bits per heavy atom. The van der Waals surface area contributed by atoms with Gasteiger partial charge in [-0.15, -0.1) is 0 Å². The van der Waals surface area contributed by atoms with Crippen molar-refractivity contribution in [1.29, 1.82) is 0 Å². The van der Waals surface area contributed by atoms with Crippen LogP contribution >= 0.6 is 22.6 Å². The Kier molecular flexibility index (Phi) is 4.15. The Labute approximate surface area is 97.4 Å². The van der Waals surface area contributed by atoms with E-state index in [0.29, 0.717) is 0 Å². The summed E-state index contributed by atoms with van der Waals surface area (Å²) in [7, 11) is 1.62. The van der Waals surface area contributed by atoms with Crippen molar-refractivity contribution >= 4 is 22.6 Å². The molecule has 14 heavy (non-hydrogen) atoms. The van der Waals surface area contributed by atoms with E-state index in [9.17, 15) is 5.11 Å². The molecule has 0 aliphatic rings. The summed E-state index contributed by atoms with van der Waals surface area (Å²) in [4.78, 5) is 0. The molecule has 0 bridgehead atoms. The van der Waals surface area contributed by atoms with Gasteiger partial charge in [-0.25, -0.2) is 0 Å². The average Bonchev–Trinajstić information content (AvgIpc) is 2.17. The first-order valence-electron chi connectivity index (χ1n) is 4.33. The van der Waals surface area contributed by atoms with E-state index in [-0.39, 0.29) is 6.04 Å². The van der Waals surface area contributed by atoms with Crippen LogP contribution in [0.5, 0.6) is 5.75 Å². The van der Waals surface area contributed by atoms with Gasteiger partial charge < -0.3 is 15.6 Å². The quantitative estimate of drug-likeness (QED) is 0.836. The molecule has 1 rings (SSSR count). The molecule has 0 aliphatic heterocycles. The number of nitrogens with two attached hydrogens (primary N) is 1. The van der Waals surface area contributed by atoms with Crippen LogP contribution in [0.15, 0.2) is 18.2 Å². The lowest BCUT2D eigenvalue weighted by Gasteiger charge is -2.16. The van der Waals surface area contributed by atoms with E-state index in [1.807, 2.05) is 18.2 Å². The maximum absolute atomic E-state index is 9.34. The van der Waals surface area contributed by atoms with Gasteiger partial charge in [0.25, 0.3) is 0 Å². The summed E-state index contributed by atoms with van der Waals surface area (Å²) in [5, 5.41) is 9.34. The molecule has 1 aromatic carbocycles. The largest absolute Gasteiger partial charge is 0.496 e. The van der Waals surface area contributed by atoms with Gasteiger partial charge in [0.15, 0.2) is 0 Å². The molecule has 0 aliphatic carbocycles. The second-order valence-corrected chi connectivity index (χ2v) is 4.32. The van der Waals surface area contributed by atoms with E-state index in [4.69, 9.17) is 10.5 Å². The number of halogens is 1. The van der Waals surface area contributed by atoms with Crippen molar-refractivity contribution in [1.82, 2.24) is 0 Å². The molecular formula is C10H14INO2. The van der Waals surface area contributed by atoms with Crippen molar-refractivity contribution < 1.29 is 9.84 Å². The highest BCUT2D eigenvalue weighted by molar-refractivity contribution is 14.1. The van der Waals surface area contributed by atoms with Crippen LogP contribution in [-0.4, -0.2) is 18.3 Å². The van der Waals surface area contributed by atoms with E-state index < -0.39 is 6.10 Å². The molecule has 1 aromatic rings. The van der Waals surface area contributed by atoms with Crippen LogP contribution in [-0.2, 0) is 0 Å². The molecule has 3 nitrogen and oxygen atoms in total. The molecule has 0 saturated carbocycles. The van der Waals surface area contributed by atoms with E-state index in [1.165, 1.54) is 0 Å². The smallest absolute Gasteiger partial charge is 0.132 e. The first-order chi connectivity index (χ1) is 6.56. The van der Waals surface area contributed by atoms with Crippen molar-refractivity contribution in [3.63, 3.8) is 0 Å². The Balaban J connectivity index is 3.00. The molecule has 0 radical (unpaired) electrons. The fourth-order valence-corrected chi connectivity index (χ4v) is 1.72. The SMILES string of the molecule is COc1cc([C@H](N)[C@@H](C)O)ccc1I. The molecule has 0 aromatic heterocycles. The predicted molar refractivity (Wildman–Crippen MR) is 64.3 cm³/mol. The fraction of sp³-hybridized carbons (Fsp3) is 0.400. The van der Waals surface area contributed by atoms with Gasteiger partial charge in [0.2, 0.25) is 0 Å². The van der Waals surface area contributed by atoms with Crippen molar-refractivity contribution in [3.05, 3.63) is 27.3 Å². The molecule has 0 heterocycles.